The second-order valence-corrected chi connectivity index (χ2v) is 2.87. The van der Waals surface area contributed by atoms with Crippen LogP contribution in [0.2, 0.25) is 0 Å². The van der Waals surface area contributed by atoms with Crippen molar-refractivity contribution in [3.05, 3.63) is 3.57 Å². The van der Waals surface area contributed by atoms with Gasteiger partial charge in [-0.1, -0.05) is 0 Å². The number of anilines is 2. The van der Waals surface area contributed by atoms with E-state index >= 15 is 0 Å². The smallest absolute Gasteiger partial charge is 0.320 e. The molecule has 0 spiro atoms. The Labute approximate surface area is 77.3 Å². The van der Waals surface area contributed by atoms with E-state index < -0.39 is 0 Å². The van der Waals surface area contributed by atoms with Crippen LogP contribution in [0.5, 0.6) is 6.01 Å². The van der Waals surface area contributed by atoms with Crippen LogP contribution in [0.4, 0.5) is 11.6 Å². The minimum absolute atomic E-state index is 0.195. The number of halogens is 1. The number of ether oxygens (including phenoxy) is 1. The zero-order valence-electron chi connectivity index (χ0n) is 5.84. The van der Waals surface area contributed by atoms with Crippen LogP contribution in [0.1, 0.15) is 0 Å². The largest absolute Gasteiger partial charge is 0.467 e. The van der Waals surface area contributed by atoms with E-state index in [-0.39, 0.29) is 6.01 Å². The monoisotopic (exact) mass is 266 g/mol. The summed E-state index contributed by atoms with van der Waals surface area (Å²) in [7, 11) is 1.46. The molecule has 1 aromatic rings. The first-order chi connectivity index (χ1) is 5.15. The highest BCUT2D eigenvalue weighted by molar-refractivity contribution is 14.1. The summed E-state index contributed by atoms with van der Waals surface area (Å²) in [5, 5.41) is 0. The van der Waals surface area contributed by atoms with Crippen molar-refractivity contribution in [2.24, 2.45) is 0 Å². The number of nitrogens with two attached hydrogens (primary N) is 2. The van der Waals surface area contributed by atoms with E-state index in [1.54, 1.807) is 0 Å². The zero-order chi connectivity index (χ0) is 8.43. The molecule has 0 aliphatic carbocycles. The highest BCUT2D eigenvalue weighted by Gasteiger charge is 2.05. The third-order valence-corrected chi connectivity index (χ3v) is 2.17. The molecule has 0 bridgehead atoms. The van der Waals surface area contributed by atoms with Gasteiger partial charge < -0.3 is 16.2 Å². The van der Waals surface area contributed by atoms with E-state index in [1.165, 1.54) is 7.11 Å². The Balaban J connectivity index is 3.21. The molecule has 5 nitrogen and oxygen atoms in total. The summed E-state index contributed by atoms with van der Waals surface area (Å²) in [6, 6.07) is 0.195. The predicted octanol–water partition coefficient (Wildman–Crippen LogP) is 0.254. The van der Waals surface area contributed by atoms with E-state index in [0.717, 1.165) is 0 Å². The van der Waals surface area contributed by atoms with Gasteiger partial charge in [0.05, 0.1) is 10.7 Å². The third kappa shape index (κ3) is 1.62. The summed E-state index contributed by atoms with van der Waals surface area (Å²) in [5.74, 6) is 0.685. The van der Waals surface area contributed by atoms with Crippen molar-refractivity contribution < 1.29 is 4.74 Å². The van der Waals surface area contributed by atoms with Crippen LogP contribution in [0, 0.1) is 3.57 Å². The molecule has 0 saturated carbocycles. The van der Waals surface area contributed by atoms with Gasteiger partial charge in [0.25, 0.3) is 0 Å². The van der Waals surface area contributed by atoms with Crippen LogP contribution in [-0.4, -0.2) is 17.1 Å². The molecule has 1 aromatic heterocycles. The van der Waals surface area contributed by atoms with Crippen LogP contribution >= 0.6 is 22.6 Å². The minimum Gasteiger partial charge on any atom is -0.467 e. The van der Waals surface area contributed by atoms with Gasteiger partial charge in [-0.2, -0.15) is 9.97 Å². The molecule has 60 valence electrons. The van der Waals surface area contributed by atoms with E-state index in [4.69, 9.17) is 16.2 Å². The number of hydrogen-bond donors (Lipinski definition) is 2. The molecule has 0 aliphatic heterocycles. The molecule has 6 heteroatoms. The van der Waals surface area contributed by atoms with Crippen molar-refractivity contribution in [1.82, 2.24) is 9.97 Å². The number of hydrogen-bond acceptors (Lipinski definition) is 5. The predicted molar refractivity (Wildman–Crippen MR) is 50.1 cm³/mol. The van der Waals surface area contributed by atoms with E-state index in [2.05, 4.69) is 9.97 Å². The van der Waals surface area contributed by atoms with Crippen LogP contribution < -0.4 is 16.2 Å². The Kier molecular flexibility index (Phi) is 2.32. The normalized spacial score (nSPS) is 9.64. The van der Waals surface area contributed by atoms with Crippen molar-refractivity contribution in [3.63, 3.8) is 0 Å². The first-order valence-corrected chi connectivity index (χ1v) is 3.85. The molecule has 0 amide bonds. The molecule has 0 unspecified atom stereocenters. The van der Waals surface area contributed by atoms with E-state index in [9.17, 15) is 0 Å². The summed E-state index contributed by atoms with van der Waals surface area (Å²) >= 11 is 1.97. The van der Waals surface area contributed by atoms with Crippen molar-refractivity contribution in [2.45, 2.75) is 0 Å². The van der Waals surface area contributed by atoms with Gasteiger partial charge in [-0.05, 0) is 22.6 Å². The quantitative estimate of drug-likeness (QED) is 0.711. The van der Waals surface area contributed by atoms with Gasteiger partial charge >= 0.3 is 6.01 Å². The van der Waals surface area contributed by atoms with E-state index in [1.807, 2.05) is 22.6 Å². The van der Waals surface area contributed by atoms with Gasteiger partial charge in [-0.15, -0.1) is 0 Å². The van der Waals surface area contributed by atoms with Crippen LogP contribution in [0.15, 0.2) is 0 Å². The first-order valence-electron chi connectivity index (χ1n) is 2.77. The number of rotatable bonds is 1. The highest BCUT2D eigenvalue weighted by Crippen LogP contribution is 2.19. The molecule has 11 heavy (non-hydrogen) atoms. The zero-order valence-corrected chi connectivity index (χ0v) is 7.99. The van der Waals surface area contributed by atoms with Gasteiger partial charge in [0.15, 0.2) is 0 Å². The fourth-order valence-electron chi connectivity index (χ4n) is 0.552. The van der Waals surface area contributed by atoms with Crippen molar-refractivity contribution in [1.29, 1.82) is 0 Å². The fraction of sp³-hybridized carbons (Fsp3) is 0.200. The Hall–Kier alpha value is -0.790. The molecule has 4 N–H and O–H groups in total. The molecule has 0 saturated heterocycles. The Morgan fingerprint density at radius 2 is 1.73 bits per heavy atom. The minimum atomic E-state index is 0.195. The number of aromatic nitrogens is 2. The van der Waals surface area contributed by atoms with Crippen LogP contribution in [0.25, 0.3) is 0 Å². The van der Waals surface area contributed by atoms with Crippen molar-refractivity contribution in [2.75, 3.05) is 18.6 Å². The third-order valence-electron chi connectivity index (χ3n) is 1.06. The molecule has 1 heterocycles. The van der Waals surface area contributed by atoms with Gasteiger partial charge in [0.1, 0.15) is 11.6 Å². The Bertz CT molecular complexity index is 254. The van der Waals surface area contributed by atoms with E-state index in [0.29, 0.717) is 15.2 Å². The summed E-state index contributed by atoms with van der Waals surface area (Å²) in [6.45, 7) is 0. The average molecular weight is 266 g/mol. The second kappa shape index (κ2) is 3.07. The molecule has 0 atom stereocenters. The average Bonchev–Trinajstić information content (AvgIpc) is 1.99. The maximum Gasteiger partial charge on any atom is 0.320 e. The Morgan fingerprint density at radius 1 is 1.27 bits per heavy atom. The second-order valence-electron chi connectivity index (χ2n) is 1.79. The van der Waals surface area contributed by atoms with Crippen molar-refractivity contribution in [3.8, 4) is 6.01 Å². The number of methoxy groups -OCH3 is 1. The molecule has 0 fully saturated rings. The molecular weight excluding hydrogens is 259 g/mol. The summed E-state index contributed by atoms with van der Waals surface area (Å²) in [6.07, 6.45) is 0. The highest BCUT2D eigenvalue weighted by atomic mass is 127. The molecule has 0 aromatic carbocycles. The Morgan fingerprint density at radius 3 is 2.09 bits per heavy atom. The van der Waals surface area contributed by atoms with Gasteiger partial charge in [-0.25, -0.2) is 0 Å². The first kappa shape index (κ1) is 8.31. The molecule has 1 rings (SSSR count). The lowest BCUT2D eigenvalue weighted by Crippen LogP contribution is -2.04. The molecular formula is C5H7IN4O. The number of nitrogen functional groups attached to an aromatic ring is 2. The molecule has 0 radical (unpaired) electrons. The van der Waals surface area contributed by atoms with Gasteiger partial charge in [-0.3, -0.25) is 0 Å². The topological polar surface area (TPSA) is 87.0 Å². The lowest BCUT2D eigenvalue weighted by Gasteiger charge is -2.02. The lowest BCUT2D eigenvalue weighted by atomic mass is 10.5. The van der Waals surface area contributed by atoms with Crippen LogP contribution in [0.3, 0.4) is 0 Å². The summed E-state index contributed by atoms with van der Waals surface area (Å²) in [4.78, 5) is 7.62. The summed E-state index contributed by atoms with van der Waals surface area (Å²) in [5.41, 5.74) is 11.0. The molecule has 0 aliphatic rings. The summed E-state index contributed by atoms with van der Waals surface area (Å²) < 4.78 is 5.40. The van der Waals surface area contributed by atoms with Gasteiger partial charge in [0.2, 0.25) is 0 Å². The standard InChI is InChI=1S/C5H7IN4O/c1-11-5-9-3(7)2(6)4(8)10-5/h1H3,(H4,7,8,9,10). The number of nitrogens with zero attached hydrogens (tertiary/aromatic N) is 2. The maximum absolute atomic E-state index is 5.48. The van der Waals surface area contributed by atoms with Gasteiger partial charge in [0, 0.05) is 0 Å². The van der Waals surface area contributed by atoms with Crippen LogP contribution in [-0.2, 0) is 0 Å². The SMILES string of the molecule is COc1nc(N)c(I)c(N)n1. The lowest BCUT2D eigenvalue weighted by molar-refractivity contribution is 0.381. The fourth-order valence-corrected chi connectivity index (χ4v) is 0.793. The van der Waals surface area contributed by atoms with Crippen molar-refractivity contribution >= 4 is 34.2 Å². The maximum atomic E-state index is 5.48.